The first kappa shape index (κ1) is 18.9. The minimum atomic E-state index is -0.558. The van der Waals surface area contributed by atoms with Crippen LogP contribution in [0.4, 0.5) is 0 Å². The van der Waals surface area contributed by atoms with Gasteiger partial charge in [-0.2, -0.15) is 5.11 Å². The van der Waals surface area contributed by atoms with Crippen LogP contribution in [0.2, 0.25) is 0 Å². The lowest BCUT2D eigenvalue weighted by molar-refractivity contribution is -0.120. The number of nitrogens with one attached hydrogen (secondary N) is 2. The fourth-order valence-corrected chi connectivity index (χ4v) is 4.85. The van der Waals surface area contributed by atoms with Gasteiger partial charge in [-0.3, -0.25) is 4.79 Å². The van der Waals surface area contributed by atoms with E-state index < -0.39 is 5.41 Å². The van der Waals surface area contributed by atoms with Crippen LogP contribution in [0.3, 0.4) is 0 Å². The molecule has 0 aromatic heterocycles. The number of rotatable bonds is 2. The van der Waals surface area contributed by atoms with Crippen molar-refractivity contribution in [2.24, 2.45) is 15.6 Å². The predicted octanol–water partition coefficient (Wildman–Crippen LogP) is 4.58. The summed E-state index contributed by atoms with van der Waals surface area (Å²) in [5.74, 6) is 0.822. The van der Waals surface area contributed by atoms with Crippen LogP contribution in [0.25, 0.3) is 0 Å². The zero-order valence-electron chi connectivity index (χ0n) is 17.7. The van der Waals surface area contributed by atoms with Crippen molar-refractivity contribution in [2.45, 2.75) is 71.4 Å². The quantitative estimate of drug-likeness (QED) is 0.791. The van der Waals surface area contributed by atoms with Crippen molar-refractivity contribution in [2.75, 3.05) is 0 Å². The predicted molar refractivity (Wildman–Crippen MR) is 111 cm³/mol. The molecular formula is C23H30N4O. The van der Waals surface area contributed by atoms with Crippen molar-refractivity contribution in [1.29, 1.82) is 0 Å². The van der Waals surface area contributed by atoms with Crippen LogP contribution >= 0.6 is 0 Å². The Morgan fingerprint density at radius 3 is 2.46 bits per heavy atom. The molecule has 5 nitrogen and oxygen atoms in total. The summed E-state index contributed by atoms with van der Waals surface area (Å²) in [7, 11) is 0. The molecule has 1 aromatic carbocycles. The maximum Gasteiger partial charge on any atom is 0.250 e. The maximum atomic E-state index is 13.3. The molecule has 5 heteroatoms. The minimum Gasteiger partial charge on any atom is -0.347 e. The highest BCUT2D eigenvalue weighted by Crippen LogP contribution is 2.51. The molecule has 1 unspecified atom stereocenters. The van der Waals surface area contributed by atoms with Crippen molar-refractivity contribution in [1.82, 2.24) is 10.6 Å². The van der Waals surface area contributed by atoms with Crippen molar-refractivity contribution in [3.63, 3.8) is 0 Å². The third-order valence-corrected chi connectivity index (χ3v) is 5.95. The van der Waals surface area contributed by atoms with Gasteiger partial charge in [0.2, 0.25) is 0 Å². The Hall–Kier alpha value is -2.43. The zero-order valence-corrected chi connectivity index (χ0v) is 17.7. The van der Waals surface area contributed by atoms with Crippen molar-refractivity contribution in [3.8, 4) is 0 Å². The molecule has 3 aliphatic heterocycles. The minimum absolute atomic E-state index is 0.00179. The lowest BCUT2D eigenvalue weighted by Crippen LogP contribution is -2.55. The largest absolute Gasteiger partial charge is 0.347 e. The van der Waals surface area contributed by atoms with E-state index in [4.69, 9.17) is 0 Å². The molecule has 28 heavy (non-hydrogen) atoms. The third kappa shape index (κ3) is 2.97. The summed E-state index contributed by atoms with van der Waals surface area (Å²) in [5.41, 5.74) is 3.25. The summed E-state index contributed by atoms with van der Waals surface area (Å²) in [6.45, 7) is 12.9. The van der Waals surface area contributed by atoms with E-state index in [9.17, 15) is 4.79 Å². The summed E-state index contributed by atoms with van der Waals surface area (Å²) in [5, 5.41) is 15.9. The topological polar surface area (TPSA) is 65.8 Å². The van der Waals surface area contributed by atoms with Crippen molar-refractivity contribution in [3.05, 3.63) is 58.6 Å². The van der Waals surface area contributed by atoms with Gasteiger partial charge >= 0.3 is 0 Å². The van der Waals surface area contributed by atoms with E-state index in [0.717, 1.165) is 41.1 Å². The summed E-state index contributed by atoms with van der Waals surface area (Å²) < 4.78 is 0. The van der Waals surface area contributed by atoms with E-state index in [1.807, 2.05) is 18.2 Å². The number of hydrogen-bond acceptors (Lipinski definition) is 4. The number of benzene rings is 1. The van der Waals surface area contributed by atoms with Gasteiger partial charge in [-0.05, 0) is 38.2 Å². The SMILES string of the molecule is CC(C)(C)CC1N=NC2=C1[C@@](C)(c1ccccc1)C1=C(CC(C)(C)NC1=O)N2. The van der Waals surface area contributed by atoms with Crippen LogP contribution in [-0.2, 0) is 10.2 Å². The van der Waals surface area contributed by atoms with Gasteiger partial charge in [0.1, 0.15) is 0 Å². The molecule has 0 spiro atoms. The van der Waals surface area contributed by atoms with E-state index >= 15 is 0 Å². The molecule has 1 aromatic rings. The van der Waals surface area contributed by atoms with E-state index in [1.54, 1.807) is 0 Å². The second-order valence-corrected chi connectivity index (χ2v) is 10.2. The molecule has 4 rings (SSSR count). The second-order valence-electron chi connectivity index (χ2n) is 10.2. The van der Waals surface area contributed by atoms with Crippen LogP contribution in [-0.4, -0.2) is 17.5 Å². The van der Waals surface area contributed by atoms with Gasteiger partial charge in [0.25, 0.3) is 5.91 Å². The Kier molecular flexibility index (Phi) is 4.07. The molecule has 0 saturated heterocycles. The van der Waals surface area contributed by atoms with Crippen LogP contribution in [0.15, 0.2) is 63.2 Å². The van der Waals surface area contributed by atoms with Gasteiger partial charge in [-0.1, -0.05) is 51.1 Å². The lowest BCUT2D eigenvalue weighted by Gasteiger charge is -2.45. The molecule has 148 valence electrons. The summed E-state index contributed by atoms with van der Waals surface area (Å²) >= 11 is 0. The van der Waals surface area contributed by atoms with Gasteiger partial charge < -0.3 is 10.6 Å². The van der Waals surface area contributed by atoms with Crippen LogP contribution in [0.1, 0.15) is 59.9 Å². The van der Waals surface area contributed by atoms with Gasteiger partial charge in [-0.15, -0.1) is 5.11 Å². The van der Waals surface area contributed by atoms with E-state index in [1.165, 1.54) is 0 Å². The van der Waals surface area contributed by atoms with Crippen LogP contribution < -0.4 is 10.6 Å². The van der Waals surface area contributed by atoms with E-state index in [-0.39, 0.29) is 22.9 Å². The number of dihydropyridines is 1. The number of hydrogen-bond donors (Lipinski definition) is 2. The summed E-state index contributed by atoms with van der Waals surface area (Å²) in [4.78, 5) is 13.3. The Morgan fingerprint density at radius 1 is 1.14 bits per heavy atom. The van der Waals surface area contributed by atoms with Crippen LogP contribution in [0, 0.1) is 5.41 Å². The van der Waals surface area contributed by atoms with E-state index in [0.29, 0.717) is 0 Å². The highest BCUT2D eigenvalue weighted by Gasteiger charge is 2.52. The molecule has 3 heterocycles. The van der Waals surface area contributed by atoms with Crippen LogP contribution in [0.5, 0.6) is 0 Å². The molecule has 3 aliphatic rings. The Balaban J connectivity index is 1.91. The fourth-order valence-electron chi connectivity index (χ4n) is 4.85. The molecule has 0 fully saturated rings. The van der Waals surface area contributed by atoms with Crippen molar-refractivity contribution < 1.29 is 4.79 Å². The number of amides is 1. The monoisotopic (exact) mass is 378 g/mol. The van der Waals surface area contributed by atoms with Gasteiger partial charge in [0, 0.05) is 23.2 Å². The molecule has 1 amide bonds. The highest BCUT2D eigenvalue weighted by molar-refractivity contribution is 6.00. The van der Waals surface area contributed by atoms with Crippen molar-refractivity contribution >= 4 is 5.91 Å². The Labute approximate surface area is 167 Å². The molecule has 2 atom stereocenters. The molecule has 0 bridgehead atoms. The summed E-state index contributed by atoms with van der Waals surface area (Å²) in [6, 6.07) is 10.3. The van der Waals surface area contributed by atoms with E-state index in [2.05, 4.69) is 74.5 Å². The zero-order chi connectivity index (χ0) is 20.3. The van der Waals surface area contributed by atoms with Gasteiger partial charge in [0.15, 0.2) is 5.82 Å². The normalized spacial score (nSPS) is 28.6. The maximum absolute atomic E-state index is 13.3. The molecule has 0 saturated carbocycles. The lowest BCUT2D eigenvalue weighted by atomic mass is 9.63. The smallest absolute Gasteiger partial charge is 0.250 e. The first-order valence-corrected chi connectivity index (χ1v) is 10.1. The molecule has 0 aliphatic carbocycles. The average molecular weight is 379 g/mol. The number of azo groups is 1. The van der Waals surface area contributed by atoms with Gasteiger partial charge in [0.05, 0.1) is 17.0 Å². The average Bonchev–Trinajstić information content (AvgIpc) is 2.95. The standard InChI is InChI=1S/C23H30N4O/c1-21(2,3)12-16-17-19(27-26-16)24-15-13-22(4,5)25-20(28)18(15)23(17,6)14-10-8-7-9-11-14/h7-11,16,24H,12-13H2,1-6H3,(H,25,28)/t16?,23-/m1/s1. The third-order valence-electron chi connectivity index (χ3n) is 5.95. The summed E-state index contributed by atoms with van der Waals surface area (Å²) in [6.07, 6.45) is 1.63. The second kappa shape index (κ2) is 6.03. The van der Waals surface area contributed by atoms with Gasteiger partial charge in [-0.25, -0.2) is 0 Å². The first-order valence-electron chi connectivity index (χ1n) is 10.1. The Bertz CT molecular complexity index is 918. The molecular weight excluding hydrogens is 348 g/mol. The number of nitrogens with zero attached hydrogens (tertiary/aromatic N) is 2. The number of carbonyl (C=O) groups is 1. The first-order chi connectivity index (χ1) is 13.0. The molecule has 0 radical (unpaired) electrons. The highest BCUT2D eigenvalue weighted by atomic mass is 16.2. The fraction of sp³-hybridized carbons (Fsp3) is 0.522. The number of carbonyl (C=O) groups excluding carboxylic acids is 1. The Morgan fingerprint density at radius 2 is 1.82 bits per heavy atom. The molecule has 2 N–H and O–H groups in total.